The van der Waals surface area contributed by atoms with Crippen LogP contribution in [0.15, 0.2) is 46.9 Å². The zero-order chi connectivity index (χ0) is 14.5. The van der Waals surface area contributed by atoms with Crippen molar-refractivity contribution >= 4 is 33.1 Å². The van der Waals surface area contributed by atoms with Gasteiger partial charge in [-0.2, -0.15) is 0 Å². The quantitative estimate of drug-likeness (QED) is 0.825. The molecule has 0 aliphatic heterocycles. The summed E-state index contributed by atoms with van der Waals surface area (Å²) < 4.78 is 19.3. The van der Waals surface area contributed by atoms with Crippen molar-refractivity contribution in [2.24, 2.45) is 5.73 Å². The summed E-state index contributed by atoms with van der Waals surface area (Å²) >= 11 is 8.17. The maximum Gasteiger partial charge on any atom is 0.124 e. The van der Waals surface area contributed by atoms with Crippen molar-refractivity contribution in [2.45, 2.75) is 13.0 Å². The van der Waals surface area contributed by atoms with Crippen molar-refractivity contribution in [2.75, 3.05) is 0 Å². The Morgan fingerprint density at radius 2 is 1.90 bits per heavy atom. The standard InChI is InChI=1S/C15H13BrFNOS/c16-14-8-12(17)4-3-11(14)9-19-13-5-1-10(2-6-13)7-15(18)20/h1-6,8H,7,9H2,(H2,18,20). The summed E-state index contributed by atoms with van der Waals surface area (Å²) in [5.41, 5.74) is 7.43. The second-order valence-corrected chi connectivity index (χ2v) is 5.69. The largest absolute Gasteiger partial charge is 0.489 e. The van der Waals surface area contributed by atoms with Gasteiger partial charge in [0.25, 0.3) is 0 Å². The molecule has 0 heterocycles. The number of hydrogen-bond donors (Lipinski definition) is 1. The monoisotopic (exact) mass is 353 g/mol. The van der Waals surface area contributed by atoms with Crippen molar-refractivity contribution < 1.29 is 9.13 Å². The van der Waals surface area contributed by atoms with Crippen LogP contribution in [0.25, 0.3) is 0 Å². The molecule has 0 spiro atoms. The highest BCUT2D eigenvalue weighted by atomic mass is 79.9. The summed E-state index contributed by atoms with van der Waals surface area (Å²) in [4.78, 5) is 0.467. The molecular weight excluding hydrogens is 341 g/mol. The fraction of sp³-hybridized carbons (Fsp3) is 0.133. The Morgan fingerprint density at radius 3 is 2.50 bits per heavy atom. The Labute approximate surface area is 130 Å². The van der Waals surface area contributed by atoms with Crippen LogP contribution in [0.2, 0.25) is 0 Å². The topological polar surface area (TPSA) is 35.2 Å². The molecule has 5 heteroatoms. The molecule has 2 aromatic carbocycles. The fourth-order valence-corrected chi connectivity index (χ4v) is 2.34. The van der Waals surface area contributed by atoms with Gasteiger partial charge in [-0.3, -0.25) is 0 Å². The lowest BCUT2D eigenvalue weighted by Gasteiger charge is -2.09. The van der Waals surface area contributed by atoms with E-state index in [1.807, 2.05) is 24.3 Å². The van der Waals surface area contributed by atoms with Gasteiger partial charge >= 0.3 is 0 Å². The van der Waals surface area contributed by atoms with Gasteiger partial charge < -0.3 is 10.5 Å². The van der Waals surface area contributed by atoms with Crippen LogP contribution in [0, 0.1) is 5.82 Å². The average Bonchev–Trinajstić information content (AvgIpc) is 2.39. The molecule has 0 aliphatic carbocycles. The van der Waals surface area contributed by atoms with Gasteiger partial charge in [0, 0.05) is 16.5 Å². The summed E-state index contributed by atoms with van der Waals surface area (Å²) in [6.07, 6.45) is 0.582. The molecule has 0 unspecified atom stereocenters. The van der Waals surface area contributed by atoms with Crippen LogP contribution in [0.3, 0.4) is 0 Å². The molecular formula is C15H13BrFNOS. The Kier molecular flexibility index (Phi) is 5.09. The first-order valence-electron chi connectivity index (χ1n) is 5.98. The van der Waals surface area contributed by atoms with Gasteiger partial charge in [0.1, 0.15) is 18.2 Å². The summed E-state index contributed by atoms with van der Waals surface area (Å²) in [5, 5.41) is 0. The van der Waals surface area contributed by atoms with E-state index in [1.54, 1.807) is 6.07 Å². The molecule has 20 heavy (non-hydrogen) atoms. The Morgan fingerprint density at radius 1 is 1.20 bits per heavy atom. The second kappa shape index (κ2) is 6.81. The van der Waals surface area contributed by atoms with Crippen LogP contribution < -0.4 is 10.5 Å². The summed E-state index contributed by atoms with van der Waals surface area (Å²) in [6, 6.07) is 12.1. The Hall–Kier alpha value is -1.46. The predicted octanol–water partition coefficient (Wildman–Crippen LogP) is 4.00. The molecule has 2 aromatic rings. The lowest BCUT2D eigenvalue weighted by atomic mass is 10.1. The first kappa shape index (κ1) is 14.9. The minimum Gasteiger partial charge on any atom is -0.489 e. The van der Waals surface area contributed by atoms with Gasteiger partial charge in [0.15, 0.2) is 0 Å². The van der Waals surface area contributed by atoms with Crippen LogP contribution in [0.1, 0.15) is 11.1 Å². The van der Waals surface area contributed by atoms with Gasteiger partial charge in [0.2, 0.25) is 0 Å². The van der Waals surface area contributed by atoms with E-state index in [0.717, 1.165) is 16.9 Å². The van der Waals surface area contributed by atoms with Crippen molar-refractivity contribution in [1.29, 1.82) is 0 Å². The lowest BCUT2D eigenvalue weighted by molar-refractivity contribution is 0.305. The van der Waals surface area contributed by atoms with E-state index in [4.69, 9.17) is 22.7 Å². The number of benzene rings is 2. The van der Waals surface area contributed by atoms with Crippen LogP contribution >= 0.6 is 28.1 Å². The molecule has 104 valence electrons. The maximum atomic E-state index is 13.0. The van der Waals surface area contributed by atoms with Crippen LogP contribution in [-0.4, -0.2) is 4.99 Å². The zero-order valence-electron chi connectivity index (χ0n) is 10.6. The average molecular weight is 354 g/mol. The molecule has 0 aromatic heterocycles. The van der Waals surface area contributed by atoms with Gasteiger partial charge in [0.05, 0.1) is 4.99 Å². The first-order valence-corrected chi connectivity index (χ1v) is 7.18. The third kappa shape index (κ3) is 4.28. The van der Waals surface area contributed by atoms with Crippen molar-refractivity contribution in [3.05, 3.63) is 63.9 Å². The molecule has 0 saturated heterocycles. The predicted molar refractivity (Wildman–Crippen MR) is 85.4 cm³/mol. The van der Waals surface area contributed by atoms with E-state index in [2.05, 4.69) is 15.9 Å². The molecule has 2 nitrogen and oxygen atoms in total. The van der Waals surface area contributed by atoms with E-state index in [0.29, 0.717) is 22.5 Å². The van der Waals surface area contributed by atoms with Crippen molar-refractivity contribution in [1.82, 2.24) is 0 Å². The van der Waals surface area contributed by atoms with Crippen molar-refractivity contribution in [3.8, 4) is 5.75 Å². The number of halogens is 2. The Balaban J connectivity index is 1.98. The lowest BCUT2D eigenvalue weighted by Crippen LogP contribution is -2.10. The fourth-order valence-electron chi connectivity index (χ4n) is 1.70. The molecule has 0 bridgehead atoms. The molecule has 2 rings (SSSR count). The van der Waals surface area contributed by atoms with Gasteiger partial charge in [-0.25, -0.2) is 4.39 Å². The second-order valence-electron chi connectivity index (χ2n) is 4.31. The third-order valence-electron chi connectivity index (χ3n) is 2.71. The minimum absolute atomic E-state index is 0.275. The number of thiocarbonyl (C=S) groups is 1. The summed E-state index contributed by atoms with van der Waals surface area (Å²) in [6.45, 7) is 0.371. The van der Waals surface area contributed by atoms with Gasteiger partial charge in [-0.05, 0) is 29.8 Å². The van der Waals surface area contributed by atoms with E-state index >= 15 is 0 Å². The third-order valence-corrected chi connectivity index (χ3v) is 3.59. The van der Waals surface area contributed by atoms with Gasteiger partial charge in [-0.15, -0.1) is 0 Å². The Bertz CT molecular complexity index is 616. The molecule has 0 fully saturated rings. The molecule has 0 amide bonds. The summed E-state index contributed by atoms with van der Waals surface area (Å²) in [7, 11) is 0. The van der Waals surface area contributed by atoms with E-state index in [1.165, 1.54) is 12.1 Å². The number of rotatable bonds is 5. The van der Waals surface area contributed by atoms with E-state index < -0.39 is 0 Å². The number of ether oxygens (including phenoxy) is 1. The van der Waals surface area contributed by atoms with Crippen LogP contribution in [-0.2, 0) is 13.0 Å². The maximum absolute atomic E-state index is 13.0. The molecule has 0 aliphatic rings. The van der Waals surface area contributed by atoms with E-state index in [9.17, 15) is 4.39 Å². The SMILES string of the molecule is NC(=S)Cc1ccc(OCc2ccc(F)cc2Br)cc1. The zero-order valence-corrected chi connectivity index (χ0v) is 13.0. The van der Waals surface area contributed by atoms with Crippen molar-refractivity contribution in [3.63, 3.8) is 0 Å². The number of nitrogens with two attached hydrogens (primary N) is 1. The molecule has 0 radical (unpaired) electrons. The highest BCUT2D eigenvalue weighted by molar-refractivity contribution is 9.10. The first-order chi connectivity index (χ1) is 9.54. The van der Waals surface area contributed by atoms with Gasteiger partial charge in [-0.1, -0.05) is 46.3 Å². The number of hydrogen-bond acceptors (Lipinski definition) is 2. The van der Waals surface area contributed by atoms with Crippen LogP contribution in [0.4, 0.5) is 4.39 Å². The van der Waals surface area contributed by atoms with Crippen LogP contribution in [0.5, 0.6) is 5.75 Å². The molecule has 0 saturated carbocycles. The molecule has 0 atom stereocenters. The minimum atomic E-state index is -0.275. The summed E-state index contributed by atoms with van der Waals surface area (Å²) in [5.74, 6) is 0.468. The smallest absolute Gasteiger partial charge is 0.124 e. The normalized spacial score (nSPS) is 10.3. The highest BCUT2D eigenvalue weighted by Crippen LogP contribution is 2.21. The highest BCUT2D eigenvalue weighted by Gasteiger charge is 2.03. The molecule has 2 N–H and O–H groups in total. The van der Waals surface area contributed by atoms with E-state index in [-0.39, 0.29) is 5.82 Å².